The van der Waals surface area contributed by atoms with Crippen molar-refractivity contribution in [1.82, 2.24) is 0 Å². The van der Waals surface area contributed by atoms with Crippen molar-refractivity contribution in [2.75, 3.05) is 24.6 Å². The first kappa shape index (κ1) is 47.5. The Morgan fingerprint density at radius 3 is 0.778 bits per heavy atom. The van der Waals surface area contributed by atoms with Crippen LogP contribution < -0.4 is 17.0 Å². The van der Waals surface area contributed by atoms with E-state index in [1.54, 1.807) is 0 Å². The van der Waals surface area contributed by atoms with Crippen LogP contribution in [-0.2, 0) is 4.79 Å². The molecule has 4 heteroatoms. The number of hydrogen-bond acceptors (Lipinski definition) is 1. The summed E-state index contributed by atoms with van der Waals surface area (Å²) in [5, 5.41) is 9.27. The first-order valence-electron chi connectivity index (χ1n) is 20.7. The van der Waals surface area contributed by atoms with Crippen molar-refractivity contribution in [2.24, 2.45) is 0 Å². The maximum Gasteiger partial charge on any atom is 0.303 e. The predicted molar refractivity (Wildman–Crippen MR) is 203 cm³/mol. The fraction of sp³-hybridized carbons (Fsp3) is 0.976. The van der Waals surface area contributed by atoms with E-state index < -0.39 is 13.2 Å². The molecule has 0 aromatic carbocycles. The van der Waals surface area contributed by atoms with Gasteiger partial charge in [0.2, 0.25) is 0 Å². The molecule has 0 bridgehead atoms. The monoisotopic (exact) mass is 719 g/mol. The van der Waals surface area contributed by atoms with Gasteiger partial charge in [-0.25, -0.2) is 0 Å². The molecule has 0 radical (unpaired) electrons. The third-order valence-electron chi connectivity index (χ3n) is 10.2. The number of aliphatic carboxylic acids is 1. The van der Waals surface area contributed by atoms with Gasteiger partial charge in [-0.3, -0.25) is 4.79 Å². The van der Waals surface area contributed by atoms with E-state index in [0.717, 1.165) is 12.8 Å². The fourth-order valence-electron chi connectivity index (χ4n) is 7.20. The molecule has 2 nitrogen and oxygen atoms in total. The summed E-state index contributed by atoms with van der Waals surface area (Å²) in [6.07, 6.45) is 51.1. The lowest BCUT2D eigenvalue weighted by molar-refractivity contribution is -0.137. The van der Waals surface area contributed by atoms with Crippen molar-refractivity contribution in [3.8, 4) is 0 Å². The van der Waals surface area contributed by atoms with Crippen LogP contribution in [0.2, 0.25) is 0 Å². The Hall–Kier alpha value is 0.380. The van der Waals surface area contributed by atoms with Crippen LogP contribution in [0.4, 0.5) is 0 Å². The lowest BCUT2D eigenvalue weighted by Gasteiger charge is -2.28. The van der Waals surface area contributed by atoms with E-state index in [1.807, 2.05) is 0 Å². The van der Waals surface area contributed by atoms with E-state index in [-0.39, 0.29) is 17.0 Å². The third kappa shape index (κ3) is 35.5. The van der Waals surface area contributed by atoms with Gasteiger partial charge in [-0.05, 0) is 51.4 Å². The van der Waals surface area contributed by atoms with Crippen LogP contribution in [0, 0.1) is 0 Å². The van der Waals surface area contributed by atoms with Crippen molar-refractivity contribution >= 4 is 13.2 Å². The van der Waals surface area contributed by atoms with Crippen molar-refractivity contribution in [1.29, 1.82) is 0 Å². The molecule has 0 unspecified atom stereocenters. The Labute approximate surface area is 296 Å². The first-order chi connectivity index (χ1) is 21.6. The van der Waals surface area contributed by atoms with Crippen molar-refractivity contribution in [2.45, 2.75) is 233 Å². The van der Waals surface area contributed by atoms with Gasteiger partial charge < -0.3 is 22.1 Å². The Morgan fingerprint density at radius 2 is 0.556 bits per heavy atom. The predicted octanol–water partition coefficient (Wildman–Crippen LogP) is 12.0. The first-order valence-corrected chi connectivity index (χ1v) is 23.2. The number of carbonyl (C=O) groups is 1. The second-order valence-electron chi connectivity index (χ2n) is 14.6. The second kappa shape index (κ2) is 38.8. The van der Waals surface area contributed by atoms with Crippen LogP contribution in [0.3, 0.4) is 0 Å². The maximum absolute atomic E-state index is 11.2. The highest BCUT2D eigenvalue weighted by Crippen LogP contribution is 2.61. The van der Waals surface area contributed by atoms with Gasteiger partial charge in [0.15, 0.2) is 0 Å². The number of carboxylic acid groups (broad SMARTS) is 1. The normalized spacial score (nSPS) is 11.6. The van der Waals surface area contributed by atoms with E-state index in [1.165, 1.54) is 217 Å². The van der Waals surface area contributed by atoms with Gasteiger partial charge in [-0.1, -0.05) is 175 Å². The van der Waals surface area contributed by atoms with Crippen LogP contribution in [-0.4, -0.2) is 35.7 Å². The zero-order valence-electron chi connectivity index (χ0n) is 31.3. The van der Waals surface area contributed by atoms with Gasteiger partial charge in [0.1, 0.15) is 0 Å². The van der Waals surface area contributed by atoms with E-state index in [2.05, 4.69) is 20.8 Å². The number of carboxylic acids is 1. The van der Waals surface area contributed by atoms with E-state index in [0.29, 0.717) is 6.42 Å². The molecule has 0 aliphatic rings. The van der Waals surface area contributed by atoms with E-state index in [9.17, 15) is 9.90 Å². The van der Waals surface area contributed by atoms with Crippen molar-refractivity contribution < 1.29 is 26.9 Å². The molecule has 0 rings (SSSR count). The summed E-state index contributed by atoms with van der Waals surface area (Å²) in [6.45, 7) is 6.92. The van der Waals surface area contributed by atoms with Gasteiger partial charge in [0.25, 0.3) is 0 Å². The molecule has 272 valence electrons. The summed E-state index contributed by atoms with van der Waals surface area (Å²) in [4.78, 5) is 11.2. The second-order valence-corrected chi connectivity index (χ2v) is 19.1. The van der Waals surface area contributed by atoms with E-state index in [4.69, 9.17) is 0 Å². The van der Waals surface area contributed by atoms with Crippen molar-refractivity contribution in [3.63, 3.8) is 0 Å². The summed E-state index contributed by atoms with van der Waals surface area (Å²) in [7, 11) is -0.971. The molecule has 0 spiro atoms. The molecule has 0 aromatic heterocycles. The Balaban J connectivity index is 0. The van der Waals surface area contributed by atoms with Crippen LogP contribution in [0.25, 0.3) is 0 Å². The van der Waals surface area contributed by atoms with Gasteiger partial charge >= 0.3 is 5.97 Å². The molecule has 1 N–H and O–H groups in total. The van der Waals surface area contributed by atoms with Crippen molar-refractivity contribution in [3.05, 3.63) is 0 Å². The maximum atomic E-state index is 11.2. The van der Waals surface area contributed by atoms with Gasteiger partial charge in [0.05, 0.1) is 24.6 Å². The molecular formula is C41H84BrO2P. The zero-order chi connectivity index (χ0) is 32.2. The quantitative estimate of drug-likeness (QED) is 0.0509. The highest BCUT2D eigenvalue weighted by Gasteiger charge is 2.35. The van der Waals surface area contributed by atoms with Gasteiger partial charge in [-0.2, -0.15) is 0 Å². The van der Waals surface area contributed by atoms with Gasteiger partial charge in [0, 0.05) is 13.7 Å². The molecule has 0 atom stereocenters. The standard InChI is InChI=1S/C41H83O2P.BrH/c1-4-7-10-13-16-19-22-25-28-32-37-44(40-35-31-36-41(42)43,38-33-29-26-23-20-17-14-11-8-5-2)39-34-30-27-24-21-18-15-12-9-6-3;/h4-40H2,1-3H3;1H. The Bertz CT molecular complexity index is 510. The summed E-state index contributed by atoms with van der Waals surface area (Å²) in [5.41, 5.74) is 0. The Kier molecular flexibility index (Phi) is 41.0. The van der Waals surface area contributed by atoms with Crippen LogP contribution >= 0.6 is 7.26 Å². The topological polar surface area (TPSA) is 37.3 Å². The molecule has 0 fully saturated rings. The van der Waals surface area contributed by atoms with E-state index >= 15 is 0 Å². The molecular weight excluding hydrogens is 635 g/mol. The smallest absolute Gasteiger partial charge is 0.303 e. The summed E-state index contributed by atoms with van der Waals surface area (Å²) >= 11 is 0. The van der Waals surface area contributed by atoms with Crippen LogP contribution in [0.1, 0.15) is 233 Å². The SMILES string of the molecule is CCCCCCCCCCCC[P+](CCCCCCCCCCCC)(CCCCCCCCCCCC)CCCCC(=O)O.[Br-]. The molecule has 0 heterocycles. The molecule has 0 amide bonds. The molecule has 0 aliphatic carbocycles. The number of hydrogen-bond donors (Lipinski definition) is 1. The average molecular weight is 720 g/mol. The molecule has 0 saturated heterocycles. The van der Waals surface area contributed by atoms with Crippen LogP contribution in [0.5, 0.6) is 0 Å². The zero-order valence-corrected chi connectivity index (χ0v) is 33.8. The highest BCUT2D eigenvalue weighted by atomic mass is 79.9. The third-order valence-corrected chi connectivity index (χ3v) is 15.3. The fourth-order valence-corrected chi connectivity index (χ4v) is 12.1. The molecule has 0 aromatic rings. The molecule has 0 aliphatic heterocycles. The number of unbranched alkanes of at least 4 members (excludes halogenated alkanes) is 28. The number of halogens is 1. The lowest BCUT2D eigenvalue weighted by Crippen LogP contribution is -3.00. The summed E-state index contributed by atoms with van der Waals surface area (Å²) in [6, 6.07) is 0. The summed E-state index contributed by atoms with van der Waals surface area (Å²) in [5.74, 6) is -0.604. The Morgan fingerprint density at radius 1 is 0.356 bits per heavy atom. The molecule has 0 saturated carbocycles. The largest absolute Gasteiger partial charge is 1.00 e. The minimum absolute atomic E-state index is 0. The molecule has 45 heavy (non-hydrogen) atoms. The number of rotatable bonds is 38. The lowest BCUT2D eigenvalue weighted by atomic mass is 10.1. The minimum Gasteiger partial charge on any atom is -1.00 e. The highest BCUT2D eigenvalue weighted by molar-refractivity contribution is 7.75. The van der Waals surface area contributed by atoms with Crippen LogP contribution in [0.15, 0.2) is 0 Å². The summed E-state index contributed by atoms with van der Waals surface area (Å²) < 4.78 is 0. The average Bonchev–Trinajstić information content (AvgIpc) is 3.02. The minimum atomic E-state index is -0.971. The van der Waals surface area contributed by atoms with Gasteiger partial charge in [-0.15, -0.1) is 0 Å².